The maximum Gasteiger partial charge on any atom is 1.00 e. The third kappa shape index (κ3) is 6.31. The van der Waals surface area contributed by atoms with Gasteiger partial charge in [0.2, 0.25) is 5.85 Å². The summed E-state index contributed by atoms with van der Waals surface area (Å²) in [6, 6.07) is 7.23. The van der Waals surface area contributed by atoms with Crippen LogP contribution in [0.15, 0.2) is 41.0 Å². The van der Waals surface area contributed by atoms with Gasteiger partial charge in [-0.15, -0.1) is 0 Å². The van der Waals surface area contributed by atoms with Crippen molar-refractivity contribution in [3.8, 4) is 5.75 Å². The standard InChI is InChI=1S/C14H13Cl2O7P.Na/c1-20-24(18,19)14(12-3-2-6-21-12)23-13(17)8-22-11-5-4-9(15)7-10(11)16;/h2-7,14H,8H2,1H3,(H,18,19);/q;+1/p-1. The van der Waals surface area contributed by atoms with Gasteiger partial charge in [0.25, 0.3) is 0 Å². The van der Waals surface area contributed by atoms with Gasteiger partial charge in [-0.25, -0.2) is 4.79 Å². The number of hydrogen-bond donors (Lipinski definition) is 0. The minimum atomic E-state index is -4.52. The van der Waals surface area contributed by atoms with Gasteiger partial charge in [0.1, 0.15) is 5.75 Å². The van der Waals surface area contributed by atoms with E-state index < -0.39 is 26.0 Å². The molecule has 2 atom stereocenters. The molecule has 0 N–H and O–H groups in total. The molecule has 1 aromatic heterocycles. The Labute approximate surface area is 176 Å². The summed E-state index contributed by atoms with van der Waals surface area (Å²) in [6.07, 6.45) is 1.25. The SMILES string of the molecule is COP(=O)([O-])C(OC(=O)COc1ccc(Cl)cc1Cl)c1ccco1.[Na+]. The third-order valence-electron chi connectivity index (χ3n) is 2.81. The molecule has 0 aliphatic heterocycles. The molecule has 0 saturated carbocycles. The second kappa shape index (κ2) is 10.00. The Balaban J connectivity index is 0.00000312. The van der Waals surface area contributed by atoms with E-state index in [1.807, 2.05) is 0 Å². The molecule has 2 rings (SSSR count). The van der Waals surface area contributed by atoms with Crippen molar-refractivity contribution < 1.29 is 62.2 Å². The number of carbonyl (C=O) groups is 1. The van der Waals surface area contributed by atoms with Crippen molar-refractivity contribution in [1.29, 1.82) is 0 Å². The molecule has 7 nitrogen and oxygen atoms in total. The predicted octanol–water partition coefficient (Wildman–Crippen LogP) is 0.411. The molecule has 0 bridgehead atoms. The predicted molar refractivity (Wildman–Crippen MR) is 84.1 cm³/mol. The van der Waals surface area contributed by atoms with Gasteiger partial charge in [0, 0.05) is 12.1 Å². The van der Waals surface area contributed by atoms with Crippen LogP contribution in [0.25, 0.3) is 0 Å². The number of halogens is 2. The van der Waals surface area contributed by atoms with Crippen molar-refractivity contribution in [3.05, 3.63) is 52.4 Å². The molecule has 1 heterocycles. The Bertz CT molecular complexity index is 754. The molecule has 25 heavy (non-hydrogen) atoms. The first-order chi connectivity index (χ1) is 11.3. The van der Waals surface area contributed by atoms with E-state index in [1.165, 1.54) is 36.6 Å². The zero-order chi connectivity index (χ0) is 17.7. The Morgan fingerprint density at radius 2 is 2.08 bits per heavy atom. The fraction of sp³-hybridized carbons (Fsp3) is 0.214. The van der Waals surface area contributed by atoms with E-state index in [0.717, 1.165) is 7.11 Å². The van der Waals surface area contributed by atoms with Crippen LogP contribution in [0.5, 0.6) is 5.75 Å². The van der Waals surface area contributed by atoms with Crippen LogP contribution in [-0.2, 0) is 18.6 Å². The third-order valence-corrected chi connectivity index (χ3v) is 4.78. The number of hydrogen-bond acceptors (Lipinski definition) is 7. The van der Waals surface area contributed by atoms with E-state index in [4.69, 9.17) is 37.1 Å². The number of rotatable bonds is 7. The molecule has 0 aliphatic rings. The van der Waals surface area contributed by atoms with Crippen molar-refractivity contribution >= 4 is 36.8 Å². The van der Waals surface area contributed by atoms with Crippen LogP contribution in [-0.4, -0.2) is 19.7 Å². The van der Waals surface area contributed by atoms with Crippen molar-refractivity contribution in [3.63, 3.8) is 0 Å². The maximum atomic E-state index is 11.9. The fourth-order valence-electron chi connectivity index (χ4n) is 1.69. The summed E-state index contributed by atoms with van der Waals surface area (Å²) in [6.45, 7) is -0.567. The first-order valence-electron chi connectivity index (χ1n) is 6.50. The van der Waals surface area contributed by atoms with Crippen LogP contribution in [0.4, 0.5) is 0 Å². The molecule has 2 aromatic rings. The Kier molecular flexibility index (Phi) is 9.01. The maximum absolute atomic E-state index is 11.9. The van der Waals surface area contributed by atoms with Gasteiger partial charge >= 0.3 is 35.5 Å². The zero-order valence-corrected chi connectivity index (χ0v) is 17.7. The van der Waals surface area contributed by atoms with Crippen molar-refractivity contribution in [2.24, 2.45) is 0 Å². The number of ether oxygens (including phenoxy) is 2. The second-order valence-electron chi connectivity index (χ2n) is 4.44. The van der Waals surface area contributed by atoms with Crippen LogP contribution in [0, 0.1) is 0 Å². The molecule has 2 unspecified atom stereocenters. The summed E-state index contributed by atoms with van der Waals surface area (Å²) in [5.74, 6) is -2.55. The molecule has 130 valence electrons. The average molecular weight is 417 g/mol. The molecule has 0 spiro atoms. The largest absolute Gasteiger partial charge is 1.00 e. The van der Waals surface area contributed by atoms with E-state index in [9.17, 15) is 14.3 Å². The summed E-state index contributed by atoms with van der Waals surface area (Å²) in [4.78, 5) is 23.8. The number of carbonyl (C=O) groups excluding carboxylic acids is 1. The van der Waals surface area contributed by atoms with Gasteiger partial charge in [-0.2, -0.15) is 0 Å². The van der Waals surface area contributed by atoms with E-state index in [2.05, 4.69) is 4.52 Å². The molecule has 0 aliphatic carbocycles. The van der Waals surface area contributed by atoms with Gasteiger partial charge in [-0.05, 0) is 30.3 Å². The molecular formula is C14H12Cl2NaO7P. The molecule has 0 fully saturated rings. The average Bonchev–Trinajstić information content (AvgIpc) is 3.05. The van der Waals surface area contributed by atoms with Gasteiger partial charge in [0.15, 0.2) is 20.0 Å². The van der Waals surface area contributed by atoms with E-state index in [-0.39, 0.29) is 46.1 Å². The minimum Gasteiger partial charge on any atom is -0.776 e. The molecular weight excluding hydrogens is 405 g/mol. The summed E-state index contributed by atoms with van der Waals surface area (Å²) < 4.78 is 31.4. The summed E-state index contributed by atoms with van der Waals surface area (Å²) in [7, 11) is -3.56. The normalized spacial score (nSPS) is 14.1. The summed E-state index contributed by atoms with van der Waals surface area (Å²) >= 11 is 11.7. The smallest absolute Gasteiger partial charge is 0.776 e. The van der Waals surface area contributed by atoms with Crippen LogP contribution in [0.3, 0.4) is 0 Å². The zero-order valence-electron chi connectivity index (χ0n) is 13.3. The monoisotopic (exact) mass is 416 g/mol. The van der Waals surface area contributed by atoms with Crippen molar-refractivity contribution in [1.82, 2.24) is 0 Å². The number of benzene rings is 1. The topological polar surface area (TPSA) is 98.0 Å². The summed E-state index contributed by atoms with van der Waals surface area (Å²) in [5.41, 5.74) is 0. The van der Waals surface area contributed by atoms with Crippen LogP contribution < -0.4 is 39.2 Å². The molecule has 11 heteroatoms. The first kappa shape index (κ1) is 22.5. The van der Waals surface area contributed by atoms with Gasteiger partial charge in [-0.1, -0.05) is 23.2 Å². The van der Waals surface area contributed by atoms with Crippen LogP contribution >= 0.6 is 30.8 Å². The molecule has 0 saturated heterocycles. The van der Waals surface area contributed by atoms with E-state index in [1.54, 1.807) is 0 Å². The van der Waals surface area contributed by atoms with Crippen molar-refractivity contribution in [2.75, 3.05) is 13.7 Å². The summed E-state index contributed by atoms with van der Waals surface area (Å²) in [5, 5.41) is 0.601. The van der Waals surface area contributed by atoms with E-state index >= 15 is 0 Å². The fourth-order valence-corrected chi connectivity index (χ4v) is 3.05. The Morgan fingerprint density at radius 3 is 2.64 bits per heavy atom. The Hall–Kier alpha value is -0.500. The van der Waals surface area contributed by atoms with Gasteiger partial charge < -0.3 is 27.9 Å². The van der Waals surface area contributed by atoms with E-state index in [0.29, 0.717) is 5.02 Å². The van der Waals surface area contributed by atoms with Gasteiger partial charge in [-0.3, -0.25) is 0 Å². The Morgan fingerprint density at radius 1 is 1.36 bits per heavy atom. The van der Waals surface area contributed by atoms with Gasteiger partial charge in [0.05, 0.1) is 11.3 Å². The number of furan rings is 1. The molecule has 0 amide bonds. The van der Waals surface area contributed by atoms with Crippen LogP contribution in [0.2, 0.25) is 10.0 Å². The first-order valence-corrected chi connectivity index (χ1v) is 8.87. The second-order valence-corrected chi connectivity index (χ2v) is 7.20. The molecule has 1 aromatic carbocycles. The minimum absolute atomic E-state index is 0. The van der Waals surface area contributed by atoms with Crippen molar-refractivity contribution in [2.45, 2.75) is 5.85 Å². The van der Waals surface area contributed by atoms with Crippen LogP contribution in [0.1, 0.15) is 11.6 Å². The number of esters is 1. The molecule has 0 radical (unpaired) electrons. The quantitative estimate of drug-likeness (QED) is 0.366.